The van der Waals surface area contributed by atoms with Crippen LogP contribution in [-0.4, -0.2) is 22.2 Å². The Kier molecular flexibility index (Phi) is 5.27. The summed E-state index contributed by atoms with van der Waals surface area (Å²) in [6, 6.07) is 16.9. The maximum absolute atomic E-state index is 12.3. The Bertz CT molecular complexity index is 1400. The normalized spacial score (nSPS) is 11.9. The van der Waals surface area contributed by atoms with E-state index in [1.807, 2.05) is 19.1 Å². The Morgan fingerprint density at radius 2 is 1.76 bits per heavy atom. The monoisotopic (exact) mass is 444 g/mol. The minimum Gasteiger partial charge on any atom is -0.487 e. The molecule has 0 radical (unpaired) electrons. The molecule has 2 aromatic heterocycles. The van der Waals surface area contributed by atoms with Crippen LogP contribution < -0.4 is 30.4 Å². The summed E-state index contributed by atoms with van der Waals surface area (Å²) < 4.78 is 17.8. The summed E-state index contributed by atoms with van der Waals surface area (Å²) in [4.78, 5) is 29.0. The van der Waals surface area contributed by atoms with Crippen molar-refractivity contribution >= 4 is 23.1 Å². The second-order valence-corrected chi connectivity index (χ2v) is 7.48. The van der Waals surface area contributed by atoms with Gasteiger partial charge in [0.25, 0.3) is 5.56 Å². The summed E-state index contributed by atoms with van der Waals surface area (Å²) in [6.45, 7) is 2.27. The van der Waals surface area contributed by atoms with E-state index in [0.29, 0.717) is 40.0 Å². The van der Waals surface area contributed by atoms with E-state index in [1.165, 1.54) is 10.5 Å². The zero-order chi connectivity index (χ0) is 22.8. The van der Waals surface area contributed by atoms with Crippen LogP contribution in [0.5, 0.6) is 17.2 Å². The fraction of sp³-hybridized carbons (Fsp3) is 0.125. The number of rotatable bonds is 5. The van der Waals surface area contributed by atoms with E-state index < -0.39 is 6.03 Å². The number of nitrogens with one attached hydrogen (secondary N) is 2. The second-order valence-electron chi connectivity index (χ2n) is 7.48. The highest BCUT2D eigenvalue weighted by molar-refractivity contribution is 5.99. The van der Waals surface area contributed by atoms with Crippen LogP contribution in [0.15, 0.2) is 71.7 Å². The molecule has 1 aliphatic heterocycles. The third kappa shape index (κ3) is 4.57. The lowest BCUT2D eigenvalue weighted by atomic mass is 10.3. The zero-order valence-corrected chi connectivity index (χ0v) is 17.7. The number of urea groups is 1. The van der Waals surface area contributed by atoms with Crippen molar-refractivity contribution in [3.63, 3.8) is 0 Å². The van der Waals surface area contributed by atoms with Crippen molar-refractivity contribution in [2.45, 2.75) is 13.5 Å². The first-order valence-corrected chi connectivity index (χ1v) is 10.2. The van der Waals surface area contributed by atoms with Gasteiger partial charge in [-0.2, -0.15) is 0 Å². The Morgan fingerprint density at radius 1 is 1.00 bits per heavy atom. The Labute approximate surface area is 188 Å². The lowest BCUT2D eigenvalue weighted by molar-refractivity contribution is 0.174. The van der Waals surface area contributed by atoms with Gasteiger partial charge in [0.05, 0.1) is 5.69 Å². The lowest BCUT2D eigenvalue weighted by Gasteiger charge is -2.10. The first-order valence-electron chi connectivity index (χ1n) is 10.2. The number of aromatic nitrogens is 2. The number of hydrogen-bond donors (Lipinski definition) is 2. The van der Waals surface area contributed by atoms with Gasteiger partial charge in [0.2, 0.25) is 6.79 Å². The summed E-state index contributed by atoms with van der Waals surface area (Å²) in [5, 5.41) is 5.51. The molecular weight excluding hydrogens is 424 g/mol. The fourth-order valence-corrected chi connectivity index (χ4v) is 3.39. The number of fused-ring (bicyclic) bond motifs is 2. The van der Waals surface area contributed by atoms with E-state index >= 15 is 0 Å². The number of amides is 2. The predicted molar refractivity (Wildman–Crippen MR) is 122 cm³/mol. The van der Waals surface area contributed by atoms with Gasteiger partial charge < -0.3 is 24.8 Å². The molecule has 166 valence electrons. The minimum absolute atomic E-state index is 0.150. The number of hydrogen-bond acceptors (Lipinski definition) is 6. The predicted octanol–water partition coefficient (Wildman–Crippen LogP) is 3.95. The maximum atomic E-state index is 12.3. The van der Waals surface area contributed by atoms with Gasteiger partial charge in [-0.25, -0.2) is 9.78 Å². The third-order valence-corrected chi connectivity index (χ3v) is 5.01. The third-order valence-electron chi connectivity index (χ3n) is 5.01. The molecule has 0 aliphatic carbocycles. The summed E-state index contributed by atoms with van der Waals surface area (Å²) >= 11 is 0. The summed E-state index contributed by atoms with van der Waals surface area (Å²) in [6.07, 6.45) is 1.71. The van der Waals surface area contributed by atoms with Crippen LogP contribution in [0.1, 0.15) is 11.3 Å². The van der Waals surface area contributed by atoms with E-state index in [-0.39, 0.29) is 19.0 Å². The van der Waals surface area contributed by atoms with Crippen LogP contribution >= 0.6 is 0 Å². The molecule has 2 aromatic carbocycles. The number of anilines is 2. The number of nitrogens with zero attached hydrogens (tertiary/aromatic N) is 2. The van der Waals surface area contributed by atoms with Crippen molar-refractivity contribution in [1.29, 1.82) is 0 Å². The van der Waals surface area contributed by atoms with Gasteiger partial charge in [0, 0.05) is 29.7 Å². The Balaban J connectivity index is 1.19. The lowest BCUT2D eigenvalue weighted by Crippen LogP contribution is -2.19. The summed E-state index contributed by atoms with van der Waals surface area (Å²) in [7, 11) is 0. The molecular formula is C24H20N4O5. The molecule has 0 unspecified atom stereocenters. The summed E-state index contributed by atoms with van der Waals surface area (Å²) in [5.74, 6) is 1.83. The zero-order valence-electron chi connectivity index (χ0n) is 17.7. The van der Waals surface area contributed by atoms with E-state index in [9.17, 15) is 9.59 Å². The van der Waals surface area contributed by atoms with Gasteiger partial charge in [-0.3, -0.25) is 9.20 Å². The minimum atomic E-state index is -0.390. The molecule has 4 aromatic rings. The highest BCUT2D eigenvalue weighted by Gasteiger charge is 2.14. The molecule has 33 heavy (non-hydrogen) atoms. The molecule has 0 saturated heterocycles. The number of ether oxygens (including phenoxy) is 3. The first-order chi connectivity index (χ1) is 16.0. The van der Waals surface area contributed by atoms with Crippen molar-refractivity contribution in [3.8, 4) is 17.2 Å². The molecule has 0 spiro atoms. The van der Waals surface area contributed by atoms with Gasteiger partial charge in [-0.15, -0.1) is 0 Å². The molecule has 1 aliphatic rings. The van der Waals surface area contributed by atoms with Crippen molar-refractivity contribution in [3.05, 3.63) is 88.5 Å². The standard InChI is InChI=1S/C24H20N4O5/c1-15-8-9-28-22(10-15)25-18(12-23(28)29)13-31-19-5-2-16(3-6-19)26-24(30)27-17-4-7-20-21(11-17)33-14-32-20/h2-12H,13-14H2,1H3,(H2,26,27,30). The SMILES string of the molecule is Cc1ccn2c(=O)cc(COc3ccc(NC(=O)Nc4ccc5c(c4)OCO5)cc3)nc2c1. The molecule has 2 amide bonds. The van der Waals surface area contributed by atoms with E-state index in [1.54, 1.807) is 48.7 Å². The van der Waals surface area contributed by atoms with Gasteiger partial charge in [0.15, 0.2) is 11.5 Å². The number of benzene rings is 2. The molecule has 0 saturated carbocycles. The molecule has 0 atom stereocenters. The largest absolute Gasteiger partial charge is 0.487 e. The molecule has 5 rings (SSSR count). The summed E-state index contributed by atoms with van der Waals surface area (Å²) in [5.41, 5.74) is 3.16. The number of aryl methyl sites for hydroxylation is 1. The highest BCUT2D eigenvalue weighted by atomic mass is 16.7. The Hall–Kier alpha value is -4.53. The van der Waals surface area contributed by atoms with Gasteiger partial charge in [0.1, 0.15) is 18.0 Å². The van der Waals surface area contributed by atoms with Crippen LogP contribution in [0.3, 0.4) is 0 Å². The van der Waals surface area contributed by atoms with Crippen LogP contribution in [0.4, 0.5) is 16.2 Å². The quantitative estimate of drug-likeness (QED) is 0.483. The average molecular weight is 444 g/mol. The number of pyridine rings is 1. The molecule has 9 heteroatoms. The highest BCUT2D eigenvalue weighted by Crippen LogP contribution is 2.34. The van der Waals surface area contributed by atoms with Gasteiger partial charge in [-0.1, -0.05) is 0 Å². The van der Waals surface area contributed by atoms with Crippen molar-refractivity contribution < 1.29 is 19.0 Å². The van der Waals surface area contributed by atoms with Crippen LogP contribution in [0.2, 0.25) is 0 Å². The van der Waals surface area contributed by atoms with Gasteiger partial charge in [-0.05, 0) is 61.0 Å². The van der Waals surface area contributed by atoms with Gasteiger partial charge >= 0.3 is 6.03 Å². The van der Waals surface area contributed by atoms with E-state index in [0.717, 1.165) is 5.56 Å². The van der Waals surface area contributed by atoms with Crippen LogP contribution in [-0.2, 0) is 6.61 Å². The maximum Gasteiger partial charge on any atom is 0.323 e. The van der Waals surface area contributed by atoms with Crippen molar-refractivity contribution in [1.82, 2.24) is 9.38 Å². The first kappa shape index (κ1) is 20.4. The smallest absolute Gasteiger partial charge is 0.323 e. The molecule has 0 fully saturated rings. The molecule has 2 N–H and O–H groups in total. The van der Waals surface area contributed by atoms with Crippen molar-refractivity contribution in [2.24, 2.45) is 0 Å². The number of carbonyl (C=O) groups excluding carboxylic acids is 1. The second kappa shape index (κ2) is 8.54. The topological polar surface area (TPSA) is 103 Å². The average Bonchev–Trinajstić information content (AvgIpc) is 3.26. The van der Waals surface area contributed by atoms with Crippen LogP contribution in [0, 0.1) is 6.92 Å². The van der Waals surface area contributed by atoms with Crippen LogP contribution in [0.25, 0.3) is 5.65 Å². The fourth-order valence-electron chi connectivity index (χ4n) is 3.39. The van der Waals surface area contributed by atoms with E-state index in [2.05, 4.69) is 15.6 Å². The Morgan fingerprint density at radius 3 is 2.61 bits per heavy atom. The van der Waals surface area contributed by atoms with E-state index in [4.69, 9.17) is 14.2 Å². The molecule has 0 bridgehead atoms. The molecule has 9 nitrogen and oxygen atoms in total. The molecule has 3 heterocycles. The number of carbonyl (C=O) groups is 1. The van der Waals surface area contributed by atoms with Crippen molar-refractivity contribution in [2.75, 3.05) is 17.4 Å².